The summed E-state index contributed by atoms with van der Waals surface area (Å²) in [5, 5.41) is 5.48. The van der Waals surface area contributed by atoms with E-state index in [-0.39, 0.29) is 30.0 Å². The van der Waals surface area contributed by atoms with Crippen molar-refractivity contribution >= 4 is 27.3 Å². The van der Waals surface area contributed by atoms with E-state index in [1.165, 1.54) is 0 Å². The summed E-state index contributed by atoms with van der Waals surface area (Å²) in [4.78, 5) is 23.0. The first-order valence-electron chi connectivity index (χ1n) is 6.50. The largest absolute Gasteiger partial charge is 0.376 e. The number of sulfone groups is 1. The Balaban J connectivity index is 1.89. The Kier molecular flexibility index (Phi) is 4.46. The van der Waals surface area contributed by atoms with Crippen molar-refractivity contribution in [2.24, 2.45) is 5.73 Å². The molecule has 21 heavy (non-hydrogen) atoms. The number of anilines is 1. The van der Waals surface area contributed by atoms with Crippen LogP contribution in [0.1, 0.15) is 16.8 Å². The zero-order chi connectivity index (χ0) is 15.5. The van der Waals surface area contributed by atoms with E-state index in [4.69, 9.17) is 5.73 Å². The fourth-order valence-corrected chi connectivity index (χ4v) is 3.89. The minimum absolute atomic E-state index is 0.0172. The molecule has 2 rings (SSSR count). The van der Waals surface area contributed by atoms with E-state index >= 15 is 0 Å². The van der Waals surface area contributed by atoms with Gasteiger partial charge in [-0.2, -0.15) is 0 Å². The second-order valence-corrected chi connectivity index (χ2v) is 7.16. The molecule has 0 radical (unpaired) electrons. The molecule has 1 fully saturated rings. The summed E-state index contributed by atoms with van der Waals surface area (Å²) >= 11 is 0. The Labute approximate surface area is 122 Å². The van der Waals surface area contributed by atoms with Crippen LogP contribution in [0.3, 0.4) is 0 Å². The molecule has 1 aliphatic rings. The van der Waals surface area contributed by atoms with Gasteiger partial charge in [-0.25, -0.2) is 8.42 Å². The lowest BCUT2D eigenvalue weighted by Gasteiger charge is -2.13. The van der Waals surface area contributed by atoms with Crippen LogP contribution in [0.4, 0.5) is 5.69 Å². The van der Waals surface area contributed by atoms with Crippen LogP contribution < -0.4 is 16.4 Å². The molecule has 1 heterocycles. The van der Waals surface area contributed by atoms with Crippen molar-refractivity contribution in [2.45, 2.75) is 12.5 Å². The number of nitrogens with two attached hydrogens (primary N) is 1. The van der Waals surface area contributed by atoms with Crippen molar-refractivity contribution in [3.05, 3.63) is 29.8 Å². The molecular weight excluding hydrogens is 294 g/mol. The van der Waals surface area contributed by atoms with E-state index in [1.54, 1.807) is 24.3 Å². The molecule has 114 valence electrons. The van der Waals surface area contributed by atoms with Crippen LogP contribution in [0.2, 0.25) is 0 Å². The Morgan fingerprint density at radius 3 is 2.62 bits per heavy atom. The number of amides is 2. The van der Waals surface area contributed by atoms with Crippen molar-refractivity contribution < 1.29 is 18.0 Å². The number of benzene rings is 1. The van der Waals surface area contributed by atoms with Gasteiger partial charge in [0.25, 0.3) is 5.91 Å². The summed E-state index contributed by atoms with van der Waals surface area (Å²) in [5.74, 6) is -0.816. The molecule has 2 amide bonds. The summed E-state index contributed by atoms with van der Waals surface area (Å²) in [7, 11) is -3.02. The minimum Gasteiger partial charge on any atom is -0.376 e. The third kappa shape index (κ3) is 4.19. The van der Waals surface area contributed by atoms with Gasteiger partial charge in [-0.1, -0.05) is 12.1 Å². The molecule has 4 N–H and O–H groups in total. The highest BCUT2D eigenvalue weighted by Gasteiger charge is 2.28. The Morgan fingerprint density at radius 2 is 2.00 bits per heavy atom. The van der Waals surface area contributed by atoms with Gasteiger partial charge in [-0.3, -0.25) is 9.59 Å². The maximum atomic E-state index is 11.8. The second kappa shape index (κ2) is 6.13. The highest BCUT2D eigenvalue weighted by molar-refractivity contribution is 7.91. The molecule has 1 saturated heterocycles. The summed E-state index contributed by atoms with van der Waals surface area (Å²) in [5.41, 5.74) is 6.01. The van der Waals surface area contributed by atoms with Crippen LogP contribution in [0.5, 0.6) is 0 Å². The standard InChI is InChI=1S/C13H17N3O4S/c14-13(18)10-3-1-2-4-11(10)15-7-12(17)16-9-5-6-21(19,20)8-9/h1-4,9,15H,5-8H2,(H2,14,18)(H,16,17)/t9-/m1/s1. The maximum Gasteiger partial charge on any atom is 0.250 e. The van der Waals surface area contributed by atoms with Crippen molar-refractivity contribution in [2.75, 3.05) is 23.4 Å². The van der Waals surface area contributed by atoms with Gasteiger partial charge in [0.2, 0.25) is 5.91 Å². The molecule has 8 heteroatoms. The van der Waals surface area contributed by atoms with E-state index in [0.29, 0.717) is 17.7 Å². The van der Waals surface area contributed by atoms with Crippen LogP contribution >= 0.6 is 0 Å². The van der Waals surface area contributed by atoms with Crippen LogP contribution in [0, 0.1) is 0 Å². The van der Waals surface area contributed by atoms with Crippen molar-refractivity contribution in [1.82, 2.24) is 5.32 Å². The molecule has 0 spiro atoms. The minimum atomic E-state index is -3.02. The zero-order valence-electron chi connectivity index (χ0n) is 11.3. The van der Waals surface area contributed by atoms with Crippen LogP contribution in [0.25, 0.3) is 0 Å². The Bertz CT molecular complexity index is 657. The topological polar surface area (TPSA) is 118 Å². The Hall–Kier alpha value is -2.09. The van der Waals surface area contributed by atoms with Gasteiger partial charge < -0.3 is 16.4 Å². The number of para-hydroxylation sites is 1. The highest BCUT2D eigenvalue weighted by atomic mass is 32.2. The number of carbonyl (C=O) groups excluding carboxylic acids is 2. The predicted molar refractivity (Wildman–Crippen MR) is 78.7 cm³/mol. The fraction of sp³-hybridized carbons (Fsp3) is 0.385. The van der Waals surface area contributed by atoms with E-state index in [0.717, 1.165) is 0 Å². The quantitative estimate of drug-likeness (QED) is 0.677. The molecule has 1 aromatic carbocycles. The number of hydrogen-bond donors (Lipinski definition) is 3. The number of rotatable bonds is 5. The van der Waals surface area contributed by atoms with Gasteiger partial charge in [0.15, 0.2) is 9.84 Å². The molecule has 1 atom stereocenters. The molecule has 0 aromatic heterocycles. The molecule has 1 aromatic rings. The number of hydrogen-bond acceptors (Lipinski definition) is 5. The molecule has 7 nitrogen and oxygen atoms in total. The van der Waals surface area contributed by atoms with Crippen molar-refractivity contribution in [1.29, 1.82) is 0 Å². The third-order valence-corrected chi connectivity index (χ3v) is 5.00. The van der Waals surface area contributed by atoms with E-state index < -0.39 is 15.7 Å². The van der Waals surface area contributed by atoms with Gasteiger partial charge in [-0.15, -0.1) is 0 Å². The number of nitrogens with one attached hydrogen (secondary N) is 2. The monoisotopic (exact) mass is 311 g/mol. The van der Waals surface area contributed by atoms with E-state index in [2.05, 4.69) is 10.6 Å². The third-order valence-electron chi connectivity index (χ3n) is 3.23. The molecule has 0 bridgehead atoms. The van der Waals surface area contributed by atoms with Crippen molar-refractivity contribution in [3.8, 4) is 0 Å². The number of primary amides is 1. The van der Waals surface area contributed by atoms with E-state index in [1.807, 2.05) is 0 Å². The summed E-state index contributed by atoms with van der Waals surface area (Å²) in [6, 6.07) is 6.26. The van der Waals surface area contributed by atoms with Gasteiger partial charge in [-0.05, 0) is 18.6 Å². The number of carbonyl (C=O) groups is 2. The average Bonchev–Trinajstić information content (AvgIpc) is 2.75. The lowest BCUT2D eigenvalue weighted by atomic mass is 10.1. The highest BCUT2D eigenvalue weighted by Crippen LogP contribution is 2.14. The predicted octanol–water partition coefficient (Wildman–Crippen LogP) is -0.499. The van der Waals surface area contributed by atoms with Gasteiger partial charge in [0.1, 0.15) is 0 Å². The lowest BCUT2D eigenvalue weighted by Crippen LogP contribution is -2.39. The molecule has 0 aliphatic carbocycles. The molecular formula is C13H17N3O4S. The smallest absolute Gasteiger partial charge is 0.250 e. The second-order valence-electron chi connectivity index (χ2n) is 4.93. The summed E-state index contributed by atoms with van der Waals surface area (Å²) in [6.07, 6.45) is 0.436. The first-order valence-corrected chi connectivity index (χ1v) is 8.32. The maximum absolute atomic E-state index is 11.8. The first-order chi connectivity index (χ1) is 9.87. The van der Waals surface area contributed by atoms with Crippen LogP contribution in [-0.4, -0.2) is 44.3 Å². The van der Waals surface area contributed by atoms with E-state index in [9.17, 15) is 18.0 Å². The summed E-state index contributed by atoms with van der Waals surface area (Å²) in [6.45, 7) is -0.0547. The molecule has 1 aliphatic heterocycles. The zero-order valence-corrected chi connectivity index (χ0v) is 12.2. The first kappa shape index (κ1) is 15.3. The average molecular weight is 311 g/mol. The van der Waals surface area contributed by atoms with Crippen LogP contribution in [0.15, 0.2) is 24.3 Å². The lowest BCUT2D eigenvalue weighted by molar-refractivity contribution is -0.119. The summed E-state index contributed by atoms with van der Waals surface area (Å²) < 4.78 is 22.6. The van der Waals surface area contributed by atoms with Crippen molar-refractivity contribution in [3.63, 3.8) is 0 Å². The van der Waals surface area contributed by atoms with Gasteiger partial charge >= 0.3 is 0 Å². The normalized spacial score (nSPS) is 19.9. The fourth-order valence-electron chi connectivity index (χ4n) is 2.22. The van der Waals surface area contributed by atoms with Crippen LogP contribution in [-0.2, 0) is 14.6 Å². The Morgan fingerprint density at radius 1 is 1.29 bits per heavy atom. The van der Waals surface area contributed by atoms with Gasteiger partial charge in [0.05, 0.1) is 23.6 Å². The molecule has 0 unspecified atom stereocenters. The molecule has 0 saturated carbocycles. The van der Waals surface area contributed by atoms with Gasteiger partial charge in [0, 0.05) is 11.7 Å². The SMILES string of the molecule is NC(=O)c1ccccc1NCC(=O)N[C@@H]1CCS(=O)(=O)C1.